The average molecular weight is 204 g/mol. The van der Waals surface area contributed by atoms with E-state index in [0.29, 0.717) is 11.8 Å². The summed E-state index contributed by atoms with van der Waals surface area (Å²) in [5.74, 6) is 1.23. The Morgan fingerprint density at radius 2 is 2.20 bits per heavy atom. The molecular weight excluding hydrogens is 180 g/mol. The van der Waals surface area contributed by atoms with Gasteiger partial charge in [-0.1, -0.05) is 50.6 Å². The largest absolute Gasteiger partial charge is 0.102 e. The highest BCUT2D eigenvalue weighted by Gasteiger charge is 2.34. The van der Waals surface area contributed by atoms with E-state index in [9.17, 15) is 0 Å². The maximum atomic E-state index is 4.14. The monoisotopic (exact) mass is 204 g/mol. The molecule has 0 heteroatoms. The second kappa shape index (κ2) is 4.38. The first-order chi connectivity index (χ1) is 6.90. The van der Waals surface area contributed by atoms with E-state index < -0.39 is 0 Å². The molecule has 0 saturated carbocycles. The summed E-state index contributed by atoms with van der Waals surface area (Å²) in [5.41, 5.74) is 3.09. The van der Waals surface area contributed by atoms with Crippen LogP contribution in [0.1, 0.15) is 40.5 Å². The van der Waals surface area contributed by atoms with E-state index >= 15 is 0 Å². The van der Waals surface area contributed by atoms with Crippen LogP contribution < -0.4 is 0 Å². The first-order valence-electron chi connectivity index (χ1n) is 5.88. The van der Waals surface area contributed by atoms with Crippen molar-refractivity contribution in [1.29, 1.82) is 0 Å². The van der Waals surface area contributed by atoms with Crippen LogP contribution in [0.25, 0.3) is 0 Å². The van der Waals surface area contributed by atoms with Gasteiger partial charge in [0, 0.05) is 0 Å². The van der Waals surface area contributed by atoms with Crippen molar-refractivity contribution in [1.82, 2.24) is 0 Å². The van der Waals surface area contributed by atoms with Gasteiger partial charge < -0.3 is 0 Å². The van der Waals surface area contributed by atoms with Gasteiger partial charge in [0.15, 0.2) is 0 Å². The van der Waals surface area contributed by atoms with Crippen molar-refractivity contribution in [2.45, 2.75) is 40.5 Å². The second-order valence-electron chi connectivity index (χ2n) is 5.45. The fourth-order valence-electron chi connectivity index (χ4n) is 2.48. The third kappa shape index (κ3) is 2.42. The van der Waals surface area contributed by atoms with Crippen molar-refractivity contribution in [3.63, 3.8) is 0 Å². The highest BCUT2D eigenvalue weighted by Crippen LogP contribution is 2.45. The maximum Gasteiger partial charge on any atom is -0.00464 e. The second-order valence-corrected chi connectivity index (χ2v) is 5.45. The Kier molecular flexibility index (Phi) is 3.59. The van der Waals surface area contributed by atoms with Gasteiger partial charge in [-0.05, 0) is 37.0 Å². The smallest absolute Gasteiger partial charge is 0.00464 e. The van der Waals surface area contributed by atoms with Gasteiger partial charge in [-0.15, -0.1) is 6.58 Å². The molecule has 2 atom stereocenters. The zero-order chi connectivity index (χ0) is 11.6. The molecule has 15 heavy (non-hydrogen) atoms. The van der Waals surface area contributed by atoms with Gasteiger partial charge in [-0.25, -0.2) is 0 Å². The minimum absolute atomic E-state index is 0.213. The van der Waals surface area contributed by atoms with Crippen molar-refractivity contribution in [3.8, 4) is 0 Å². The number of rotatable bonds is 3. The van der Waals surface area contributed by atoms with Crippen molar-refractivity contribution in [2.24, 2.45) is 17.3 Å². The highest BCUT2D eigenvalue weighted by atomic mass is 14.4. The zero-order valence-corrected chi connectivity index (χ0v) is 10.6. The number of hydrogen-bond acceptors (Lipinski definition) is 0. The van der Waals surface area contributed by atoms with Crippen LogP contribution in [0.3, 0.4) is 0 Å². The van der Waals surface area contributed by atoms with Crippen LogP contribution >= 0.6 is 0 Å². The molecule has 0 N–H and O–H groups in total. The summed E-state index contributed by atoms with van der Waals surface area (Å²) in [6, 6.07) is 0. The molecule has 0 fully saturated rings. The normalized spacial score (nSPS) is 31.3. The lowest BCUT2D eigenvalue weighted by atomic mass is 9.64. The van der Waals surface area contributed by atoms with Gasteiger partial charge in [0.1, 0.15) is 0 Å². The summed E-state index contributed by atoms with van der Waals surface area (Å²) >= 11 is 0. The van der Waals surface area contributed by atoms with Gasteiger partial charge >= 0.3 is 0 Å². The molecular formula is C15H24. The van der Waals surface area contributed by atoms with Crippen LogP contribution in [0.5, 0.6) is 0 Å². The molecule has 0 bridgehead atoms. The van der Waals surface area contributed by atoms with E-state index in [-0.39, 0.29) is 5.41 Å². The molecule has 0 saturated heterocycles. The molecule has 0 aromatic rings. The van der Waals surface area contributed by atoms with Gasteiger partial charge in [-0.3, -0.25) is 0 Å². The van der Waals surface area contributed by atoms with Crippen LogP contribution in [0.2, 0.25) is 0 Å². The molecule has 0 aromatic heterocycles. The maximum absolute atomic E-state index is 4.14. The van der Waals surface area contributed by atoms with Gasteiger partial charge in [-0.2, -0.15) is 0 Å². The molecule has 0 heterocycles. The van der Waals surface area contributed by atoms with Crippen molar-refractivity contribution in [3.05, 3.63) is 36.5 Å². The Labute approximate surface area is 94.8 Å². The zero-order valence-electron chi connectivity index (χ0n) is 10.6. The Balaban J connectivity index is 2.98. The van der Waals surface area contributed by atoms with E-state index in [1.807, 2.05) is 0 Å². The van der Waals surface area contributed by atoms with Crippen molar-refractivity contribution >= 4 is 0 Å². The highest BCUT2D eigenvalue weighted by molar-refractivity contribution is 5.22. The predicted octanol–water partition coefficient (Wildman–Crippen LogP) is 4.75. The van der Waals surface area contributed by atoms with Crippen LogP contribution in [-0.2, 0) is 0 Å². The molecule has 1 aliphatic carbocycles. The summed E-state index contributed by atoms with van der Waals surface area (Å²) in [6.07, 6.45) is 6.79. The molecule has 0 radical (unpaired) electrons. The van der Waals surface area contributed by atoms with E-state index in [1.54, 1.807) is 5.57 Å². The molecule has 0 spiro atoms. The Morgan fingerprint density at radius 1 is 1.60 bits per heavy atom. The van der Waals surface area contributed by atoms with Crippen LogP contribution in [-0.4, -0.2) is 0 Å². The standard InChI is InChI=1S/C15H24/c1-7-15(6)9-8-13(11(2)3)10-14(15)12(4)5/h7-8,11,14H,1,4,9-10H2,2-3,5-6H3/t14-,15+/m0/s1. The van der Waals surface area contributed by atoms with Crippen LogP contribution in [0.4, 0.5) is 0 Å². The van der Waals surface area contributed by atoms with Gasteiger partial charge in [0.25, 0.3) is 0 Å². The third-order valence-electron chi connectivity index (χ3n) is 3.84. The SMILES string of the molecule is C=C[C@]1(C)CC=C(C(C)C)C[C@H]1C(=C)C. The van der Waals surface area contributed by atoms with E-state index in [0.717, 1.165) is 12.8 Å². The Morgan fingerprint density at radius 3 is 2.60 bits per heavy atom. The van der Waals surface area contributed by atoms with E-state index in [1.165, 1.54) is 5.57 Å². The quantitative estimate of drug-likeness (QED) is 0.582. The lowest BCUT2D eigenvalue weighted by Gasteiger charge is -2.40. The fourth-order valence-corrected chi connectivity index (χ4v) is 2.48. The summed E-state index contributed by atoms with van der Waals surface area (Å²) in [5, 5.41) is 0. The molecule has 1 aliphatic rings. The van der Waals surface area contributed by atoms with E-state index in [4.69, 9.17) is 0 Å². The van der Waals surface area contributed by atoms with Crippen LogP contribution in [0.15, 0.2) is 36.5 Å². The first-order valence-corrected chi connectivity index (χ1v) is 5.88. The average Bonchev–Trinajstić information content (AvgIpc) is 2.17. The lowest BCUT2D eigenvalue weighted by molar-refractivity contribution is 0.273. The summed E-state index contributed by atoms with van der Waals surface area (Å²) < 4.78 is 0. The molecule has 84 valence electrons. The lowest BCUT2D eigenvalue weighted by Crippen LogP contribution is -2.29. The third-order valence-corrected chi connectivity index (χ3v) is 3.84. The van der Waals surface area contributed by atoms with Crippen molar-refractivity contribution < 1.29 is 0 Å². The van der Waals surface area contributed by atoms with Gasteiger partial charge in [0.05, 0.1) is 0 Å². The van der Waals surface area contributed by atoms with Gasteiger partial charge in [0.2, 0.25) is 0 Å². The molecule has 1 rings (SSSR count). The summed E-state index contributed by atoms with van der Waals surface area (Å²) in [4.78, 5) is 0. The van der Waals surface area contributed by atoms with E-state index in [2.05, 4.69) is 53.0 Å². The molecule has 0 aliphatic heterocycles. The molecule has 0 nitrogen and oxygen atoms in total. The Hall–Kier alpha value is -0.780. The fraction of sp³-hybridized carbons (Fsp3) is 0.600. The Bertz CT molecular complexity index is 293. The number of hydrogen-bond donors (Lipinski definition) is 0. The topological polar surface area (TPSA) is 0 Å². The first kappa shape index (κ1) is 12.3. The number of allylic oxidation sites excluding steroid dienone is 4. The predicted molar refractivity (Wildman–Crippen MR) is 68.8 cm³/mol. The summed E-state index contributed by atoms with van der Waals surface area (Å²) in [6.45, 7) is 17.1. The summed E-state index contributed by atoms with van der Waals surface area (Å²) in [7, 11) is 0. The molecule has 0 amide bonds. The molecule has 0 aromatic carbocycles. The molecule has 0 unspecified atom stereocenters. The van der Waals surface area contributed by atoms with Crippen molar-refractivity contribution in [2.75, 3.05) is 0 Å². The minimum Gasteiger partial charge on any atom is -0.102 e. The van der Waals surface area contributed by atoms with Crippen LogP contribution in [0, 0.1) is 17.3 Å². The minimum atomic E-state index is 0.213.